The standard InChI is InChI=1S/C23H23ClN2O6S/c1-13-8-21-18(9-19(13)24)20(27)10-22(32-21)23(28)25-16-4-6-17(7-5-16)33(29,30)26-11-14(2)31-15(3)12-26/h4-10,14-15H,11-12H2,1-3H3,(H,25,28). The maximum absolute atomic E-state index is 13.0. The van der Waals surface area contributed by atoms with Crippen molar-refractivity contribution in [2.45, 2.75) is 37.9 Å². The Balaban J connectivity index is 1.54. The van der Waals surface area contributed by atoms with Crippen LogP contribution in [0.3, 0.4) is 0 Å². The monoisotopic (exact) mass is 490 g/mol. The Kier molecular flexibility index (Phi) is 6.32. The van der Waals surface area contributed by atoms with Gasteiger partial charge >= 0.3 is 0 Å². The van der Waals surface area contributed by atoms with Crippen molar-refractivity contribution in [1.82, 2.24) is 4.31 Å². The average molecular weight is 491 g/mol. The molecule has 0 radical (unpaired) electrons. The van der Waals surface area contributed by atoms with Gasteiger partial charge < -0.3 is 14.5 Å². The number of rotatable bonds is 4. The van der Waals surface area contributed by atoms with Crippen LogP contribution in [0.15, 0.2) is 56.6 Å². The quantitative estimate of drug-likeness (QED) is 0.596. The van der Waals surface area contributed by atoms with E-state index in [9.17, 15) is 18.0 Å². The summed E-state index contributed by atoms with van der Waals surface area (Å²) in [6.07, 6.45) is -0.392. The third kappa shape index (κ3) is 4.81. The first-order valence-corrected chi connectivity index (χ1v) is 12.2. The van der Waals surface area contributed by atoms with Crippen molar-refractivity contribution in [1.29, 1.82) is 0 Å². The molecule has 1 aromatic heterocycles. The normalized spacial score (nSPS) is 19.5. The Labute approximate surface area is 196 Å². The fourth-order valence-electron chi connectivity index (χ4n) is 3.77. The van der Waals surface area contributed by atoms with Gasteiger partial charge in [0.25, 0.3) is 5.91 Å². The van der Waals surface area contributed by atoms with Crippen LogP contribution in [-0.4, -0.2) is 43.9 Å². The fourth-order valence-corrected chi connectivity index (χ4v) is 5.52. The number of fused-ring (bicyclic) bond motifs is 1. The van der Waals surface area contributed by atoms with Crippen molar-refractivity contribution in [3.63, 3.8) is 0 Å². The number of nitrogens with zero attached hydrogens (tertiary/aromatic N) is 1. The van der Waals surface area contributed by atoms with Gasteiger partial charge in [0.05, 0.1) is 22.5 Å². The van der Waals surface area contributed by atoms with E-state index in [0.717, 1.165) is 6.07 Å². The highest BCUT2D eigenvalue weighted by molar-refractivity contribution is 7.89. The van der Waals surface area contributed by atoms with Crippen LogP contribution in [0.1, 0.15) is 30.0 Å². The Morgan fingerprint density at radius 2 is 1.73 bits per heavy atom. The lowest BCUT2D eigenvalue weighted by atomic mass is 10.1. The number of aryl methyl sites for hydroxylation is 1. The minimum Gasteiger partial charge on any atom is -0.451 e. The van der Waals surface area contributed by atoms with Crippen LogP contribution in [0.2, 0.25) is 5.02 Å². The summed E-state index contributed by atoms with van der Waals surface area (Å²) in [5.41, 5.74) is 0.937. The first-order chi connectivity index (χ1) is 15.5. The zero-order chi connectivity index (χ0) is 23.9. The van der Waals surface area contributed by atoms with E-state index >= 15 is 0 Å². The van der Waals surface area contributed by atoms with Crippen LogP contribution >= 0.6 is 11.6 Å². The lowest BCUT2D eigenvalue weighted by Crippen LogP contribution is -2.48. The number of anilines is 1. The van der Waals surface area contributed by atoms with Crippen LogP contribution in [0.25, 0.3) is 11.0 Å². The summed E-state index contributed by atoms with van der Waals surface area (Å²) in [7, 11) is -3.69. The zero-order valence-corrected chi connectivity index (χ0v) is 19.9. The Morgan fingerprint density at radius 3 is 2.36 bits per heavy atom. The number of benzene rings is 2. The smallest absolute Gasteiger partial charge is 0.291 e. The molecule has 2 unspecified atom stereocenters. The van der Waals surface area contributed by atoms with E-state index < -0.39 is 21.4 Å². The third-order valence-corrected chi connectivity index (χ3v) is 7.62. The molecule has 10 heteroatoms. The van der Waals surface area contributed by atoms with E-state index in [1.807, 2.05) is 13.8 Å². The molecule has 0 aliphatic carbocycles. The van der Waals surface area contributed by atoms with Crippen LogP contribution < -0.4 is 10.7 Å². The number of halogens is 1. The van der Waals surface area contributed by atoms with E-state index in [0.29, 0.717) is 16.3 Å². The molecule has 1 N–H and O–H groups in total. The topological polar surface area (TPSA) is 106 Å². The van der Waals surface area contributed by atoms with E-state index in [4.69, 9.17) is 20.8 Å². The van der Waals surface area contributed by atoms with Gasteiger partial charge in [-0.05, 0) is 62.7 Å². The maximum atomic E-state index is 13.0. The predicted molar refractivity (Wildman–Crippen MR) is 125 cm³/mol. The van der Waals surface area contributed by atoms with E-state index in [1.54, 1.807) is 13.0 Å². The minimum atomic E-state index is -3.69. The van der Waals surface area contributed by atoms with Crippen molar-refractivity contribution in [2.75, 3.05) is 18.4 Å². The Hall–Kier alpha value is -2.72. The molecule has 0 spiro atoms. The van der Waals surface area contributed by atoms with Crippen molar-refractivity contribution in [3.05, 3.63) is 69.0 Å². The summed E-state index contributed by atoms with van der Waals surface area (Å²) < 4.78 is 38.6. The molecule has 1 fully saturated rings. The van der Waals surface area contributed by atoms with Gasteiger partial charge in [-0.25, -0.2) is 8.42 Å². The number of carbonyl (C=O) groups is 1. The highest BCUT2D eigenvalue weighted by Crippen LogP contribution is 2.24. The molecule has 4 rings (SSSR count). The third-order valence-electron chi connectivity index (χ3n) is 5.37. The summed E-state index contributed by atoms with van der Waals surface area (Å²) in [6.45, 7) is 5.98. The van der Waals surface area contributed by atoms with Gasteiger partial charge in [-0.1, -0.05) is 11.6 Å². The van der Waals surface area contributed by atoms with Crippen LogP contribution in [0.4, 0.5) is 5.69 Å². The fraction of sp³-hybridized carbons (Fsp3) is 0.304. The molecule has 1 amide bonds. The molecule has 3 aromatic rings. The number of carbonyl (C=O) groups excluding carboxylic acids is 1. The molecular weight excluding hydrogens is 468 g/mol. The number of hydrogen-bond donors (Lipinski definition) is 1. The largest absolute Gasteiger partial charge is 0.451 e. The van der Waals surface area contributed by atoms with Gasteiger partial charge in [-0.2, -0.15) is 4.31 Å². The predicted octanol–water partition coefficient (Wildman–Crippen LogP) is 3.81. The van der Waals surface area contributed by atoms with Gasteiger partial charge in [-0.3, -0.25) is 9.59 Å². The average Bonchev–Trinajstić information content (AvgIpc) is 2.74. The second-order valence-electron chi connectivity index (χ2n) is 8.13. The molecular formula is C23H23ClN2O6S. The molecule has 2 aromatic carbocycles. The molecule has 1 saturated heterocycles. The second kappa shape index (κ2) is 8.90. The zero-order valence-electron chi connectivity index (χ0n) is 18.3. The molecule has 0 bridgehead atoms. The molecule has 0 saturated carbocycles. The number of ether oxygens (including phenoxy) is 1. The summed E-state index contributed by atoms with van der Waals surface area (Å²) in [5, 5.41) is 3.34. The van der Waals surface area contributed by atoms with Crippen molar-refractivity contribution in [3.8, 4) is 0 Å². The van der Waals surface area contributed by atoms with E-state index in [-0.39, 0.29) is 46.9 Å². The molecule has 1 aliphatic heterocycles. The number of hydrogen-bond acceptors (Lipinski definition) is 6. The maximum Gasteiger partial charge on any atom is 0.291 e. The lowest BCUT2D eigenvalue weighted by molar-refractivity contribution is -0.0440. The van der Waals surface area contributed by atoms with Crippen molar-refractivity contribution in [2.24, 2.45) is 0 Å². The van der Waals surface area contributed by atoms with Crippen molar-refractivity contribution >= 4 is 44.2 Å². The summed E-state index contributed by atoms with van der Waals surface area (Å²) >= 11 is 6.07. The van der Waals surface area contributed by atoms with E-state index in [2.05, 4.69) is 5.32 Å². The molecule has 174 valence electrons. The van der Waals surface area contributed by atoms with Gasteiger partial charge in [0, 0.05) is 29.9 Å². The van der Waals surface area contributed by atoms with Crippen LogP contribution in [-0.2, 0) is 14.8 Å². The molecule has 1 aliphatic rings. The number of sulfonamides is 1. The van der Waals surface area contributed by atoms with Crippen LogP contribution in [0.5, 0.6) is 0 Å². The van der Waals surface area contributed by atoms with Crippen molar-refractivity contribution < 1.29 is 22.4 Å². The van der Waals surface area contributed by atoms with Gasteiger partial charge in [0.2, 0.25) is 10.0 Å². The highest BCUT2D eigenvalue weighted by Gasteiger charge is 2.32. The first kappa shape index (κ1) is 23.4. The second-order valence-corrected chi connectivity index (χ2v) is 10.5. The molecule has 8 nitrogen and oxygen atoms in total. The Morgan fingerprint density at radius 1 is 1.09 bits per heavy atom. The minimum absolute atomic E-state index is 0.117. The molecule has 2 atom stereocenters. The Bertz CT molecular complexity index is 1370. The highest BCUT2D eigenvalue weighted by atomic mass is 35.5. The molecule has 33 heavy (non-hydrogen) atoms. The van der Waals surface area contributed by atoms with Crippen LogP contribution in [0, 0.1) is 6.92 Å². The first-order valence-electron chi connectivity index (χ1n) is 10.4. The molecule has 2 heterocycles. The van der Waals surface area contributed by atoms with Gasteiger partial charge in [0.1, 0.15) is 5.58 Å². The van der Waals surface area contributed by atoms with Gasteiger partial charge in [0.15, 0.2) is 11.2 Å². The number of morpholine rings is 1. The van der Waals surface area contributed by atoms with E-state index in [1.165, 1.54) is 34.6 Å². The summed E-state index contributed by atoms with van der Waals surface area (Å²) in [5.74, 6) is -0.796. The SMILES string of the molecule is Cc1cc2oc(C(=O)Nc3ccc(S(=O)(=O)N4CC(C)OC(C)C4)cc3)cc(=O)c2cc1Cl. The van der Waals surface area contributed by atoms with Gasteiger partial charge in [-0.15, -0.1) is 0 Å². The number of nitrogens with one attached hydrogen (secondary N) is 1. The summed E-state index contributed by atoms with van der Waals surface area (Å²) in [6, 6.07) is 10.0. The summed E-state index contributed by atoms with van der Waals surface area (Å²) in [4.78, 5) is 25.2. The lowest BCUT2D eigenvalue weighted by Gasteiger charge is -2.34. The number of amides is 1.